The van der Waals surface area contributed by atoms with Gasteiger partial charge in [0.05, 0.1) is 16.6 Å². The summed E-state index contributed by atoms with van der Waals surface area (Å²) in [5, 5.41) is 25.4. The molecule has 9 heteroatoms. The van der Waals surface area contributed by atoms with Crippen molar-refractivity contribution in [3.05, 3.63) is 45.9 Å². The SMILES string of the molecule is Cc1nn(CC(=O)Nc2ccc3[nH]ncc3c2)c(C)c1[N+](=O)[O-]. The van der Waals surface area contributed by atoms with Crippen LogP contribution in [-0.4, -0.2) is 30.8 Å². The molecule has 2 heterocycles. The van der Waals surface area contributed by atoms with Gasteiger partial charge in [-0.2, -0.15) is 10.2 Å². The van der Waals surface area contributed by atoms with E-state index in [0.717, 1.165) is 10.9 Å². The number of benzene rings is 1. The molecule has 9 nitrogen and oxygen atoms in total. The van der Waals surface area contributed by atoms with E-state index in [0.29, 0.717) is 17.1 Å². The zero-order valence-electron chi connectivity index (χ0n) is 12.5. The standard InChI is InChI=1S/C14H14N6O3/c1-8-14(20(22)23)9(2)19(18-8)7-13(21)16-11-3-4-12-10(5-11)6-15-17-12/h3-6H,7H2,1-2H3,(H,15,17)(H,16,21). The number of fused-ring (bicyclic) bond motifs is 1. The number of nitro groups is 1. The first-order valence-corrected chi connectivity index (χ1v) is 6.87. The number of amides is 1. The van der Waals surface area contributed by atoms with Gasteiger partial charge in [-0.25, -0.2) is 0 Å². The quantitative estimate of drug-likeness (QED) is 0.563. The number of nitrogens with zero attached hydrogens (tertiary/aromatic N) is 4. The van der Waals surface area contributed by atoms with Crippen molar-refractivity contribution >= 4 is 28.2 Å². The first-order chi connectivity index (χ1) is 11.0. The van der Waals surface area contributed by atoms with E-state index in [1.807, 2.05) is 6.07 Å². The Morgan fingerprint density at radius 3 is 2.91 bits per heavy atom. The van der Waals surface area contributed by atoms with Gasteiger partial charge in [0.1, 0.15) is 17.9 Å². The lowest BCUT2D eigenvalue weighted by atomic mass is 10.2. The van der Waals surface area contributed by atoms with Crippen LogP contribution in [-0.2, 0) is 11.3 Å². The highest BCUT2D eigenvalue weighted by Gasteiger charge is 2.22. The van der Waals surface area contributed by atoms with E-state index in [1.54, 1.807) is 32.2 Å². The molecular formula is C14H14N6O3. The summed E-state index contributed by atoms with van der Waals surface area (Å²) in [4.78, 5) is 22.6. The lowest BCUT2D eigenvalue weighted by Gasteiger charge is -2.06. The molecule has 0 saturated heterocycles. The first kappa shape index (κ1) is 14.7. The third kappa shape index (κ3) is 2.76. The Bertz CT molecular complexity index is 911. The van der Waals surface area contributed by atoms with Crippen LogP contribution in [0.5, 0.6) is 0 Å². The lowest BCUT2D eigenvalue weighted by molar-refractivity contribution is -0.386. The van der Waals surface area contributed by atoms with Gasteiger partial charge in [-0.1, -0.05) is 0 Å². The van der Waals surface area contributed by atoms with Crippen molar-refractivity contribution in [2.75, 3.05) is 5.32 Å². The topological polar surface area (TPSA) is 119 Å². The molecule has 0 saturated carbocycles. The molecule has 0 spiro atoms. The summed E-state index contributed by atoms with van der Waals surface area (Å²) >= 11 is 0. The van der Waals surface area contributed by atoms with Crippen molar-refractivity contribution < 1.29 is 9.72 Å². The monoisotopic (exact) mass is 314 g/mol. The van der Waals surface area contributed by atoms with Gasteiger partial charge in [-0.05, 0) is 32.0 Å². The van der Waals surface area contributed by atoms with Crippen molar-refractivity contribution in [3.63, 3.8) is 0 Å². The minimum absolute atomic E-state index is 0.0578. The summed E-state index contributed by atoms with van der Waals surface area (Å²) in [6.45, 7) is 3.03. The maximum atomic E-state index is 12.1. The predicted molar refractivity (Wildman–Crippen MR) is 83.1 cm³/mol. The van der Waals surface area contributed by atoms with Gasteiger partial charge in [0.15, 0.2) is 0 Å². The molecule has 0 fully saturated rings. The second kappa shape index (κ2) is 5.52. The molecule has 0 aliphatic carbocycles. The van der Waals surface area contributed by atoms with Gasteiger partial charge in [-0.3, -0.25) is 24.7 Å². The first-order valence-electron chi connectivity index (χ1n) is 6.87. The third-order valence-electron chi connectivity index (χ3n) is 3.54. The molecule has 3 rings (SSSR count). The minimum atomic E-state index is -0.487. The Labute approximate surface area is 130 Å². The average molecular weight is 314 g/mol. The van der Waals surface area contributed by atoms with Crippen molar-refractivity contribution in [2.45, 2.75) is 20.4 Å². The maximum absolute atomic E-state index is 12.1. The van der Waals surface area contributed by atoms with Crippen LogP contribution in [0.3, 0.4) is 0 Å². The van der Waals surface area contributed by atoms with Crippen LogP contribution >= 0.6 is 0 Å². The number of carbonyl (C=O) groups excluding carboxylic acids is 1. The number of aryl methyl sites for hydroxylation is 1. The van der Waals surface area contributed by atoms with Crippen molar-refractivity contribution in [1.82, 2.24) is 20.0 Å². The summed E-state index contributed by atoms with van der Waals surface area (Å²) in [6, 6.07) is 5.36. The van der Waals surface area contributed by atoms with E-state index in [2.05, 4.69) is 20.6 Å². The van der Waals surface area contributed by atoms with E-state index in [-0.39, 0.29) is 18.1 Å². The molecule has 2 aromatic heterocycles. The van der Waals surface area contributed by atoms with E-state index < -0.39 is 4.92 Å². The summed E-state index contributed by atoms with van der Waals surface area (Å²) in [5.74, 6) is -0.312. The van der Waals surface area contributed by atoms with E-state index in [9.17, 15) is 14.9 Å². The van der Waals surface area contributed by atoms with E-state index >= 15 is 0 Å². The van der Waals surface area contributed by atoms with Gasteiger partial charge in [-0.15, -0.1) is 0 Å². The van der Waals surface area contributed by atoms with Crippen molar-refractivity contribution in [3.8, 4) is 0 Å². The van der Waals surface area contributed by atoms with Crippen LogP contribution in [0.15, 0.2) is 24.4 Å². The summed E-state index contributed by atoms with van der Waals surface area (Å²) < 4.78 is 1.33. The van der Waals surface area contributed by atoms with E-state index in [4.69, 9.17) is 0 Å². The smallest absolute Gasteiger partial charge is 0.312 e. The highest BCUT2D eigenvalue weighted by molar-refractivity contribution is 5.93. The molecule has 2 N–H and O–H groups in total. The Balaban J connectivity index is 1.77. The largest absolute Gasteiger partial charge is 0.324 e. The zero-order chi connectivity index (χ0) is 16.6. The molecule has 1 aromatic carbocycles. The number of H-pyrrole nitrogens is 1. The molecule has 0 aliphatic heterocycles. The molecular weight excluding hydrogens is 300 g/mol. The van der Waals surface area contributed by atoms with Crippen LogP contribution in [0.2, 0.25) is 0 Å². The molecule has 118 valence electrons. The fourth-order valence-electron chi connectivity index (χ4n) is 2.46. The maximum Gasteiger partial charge on any atom is 0.312 e. The van der Waals surface area contributed by atoms with Gasteiger partial charge < -0.3 is 5.32 Å². The van der Waals surface area contributed by atoms with Gasteiger partial charge in [0.2, 0.25) is 5.91 Å². The number of aromatic amines is 1. The second-order valence-corrected chi connectivity index (χ2v) is 5.15. The fraction of sp³-hybridized carbons (Fsp3) is 0.214. The second-order valence-electron chi connectivity index (χ2n) is 5.15. The number of rotatable bonds is 4. The zero-order valence-corrected chi connectivity index (χ0v) is 12.5. The highest BCUT2D eigenvalue weighted by Crippen LogP contribution is 2.22. The molecule has 0 unspecified atom stereocenters. The highest BCUT2D eigenvalue weighted by atomic mass is 16.6. The van der Waals surface area contributed by atoms with Crippen LogP contribution in [0.4, 0.5) is 11.4 Å². The van der Waals surface area contributed by atoms with Crippen molar-refractivity contribution in [1.29, 1.82) is 0 Å². The predicted octanol–water partition coefficient (Wildman–Crippen LogP) is 1.92. The molecule has 23 heavy (non-hydrogen) atoms. The molecule has 0 bridgehead atoms. The van der Waals surface area contributed by atoms with Gasteiger partial charge in [0.25, 0.3) is 0 Å². The third-order valence-corrected chi connectivity index (χ3v) is 3.54. The number of anilines is 1. The Morgan fingerprint density at radius 1 is 1.43 bits per heavy atom. The van der Waals surface area contributed by atoms with Crippen molar-refractivity contribution in [2.24, 2.45) is 0 Å². The van der Waals surface area contributed by atoms with Crippen LogP contribution < -0.4 is 5.32 Å². The Hall–Kier alpha value is -3.23. The normalized spacial score (nSPS) is 10.9. The lowest BCUT2D eigenvalue weighted by Crippen LogP contribution is -2.20. The number of carbonyl (C=O) groups is 1. The number of nitrogens with one attached hydrogen (secondary N) is 2. The van der Waals surface area contributed by atoms with Crippen LogP contribution in [0.25, 0.3) is 10.9 Å². The number of aromatic nitrogens is 4. The molecule has 0 radical (unpaired) electrons. The summed E-state index contributed by atoms with van der Waals surface area (Å²) in [6.07, 6.45) is 1.66. The fourth-order valence-corrected chi connectivity index (χ4v) is 2.46. The summed E-state index contributed by atoms with van der Waals surface area (Å²) in [7, 11) is 0. The summed E-state index contributed by atoms with van der Waals surface area (Å²) in [5.41, 5.74) is 2.09. The minimum Gasteiger partial charge on any atom is -0.324 e. The molecule has 0 atom stereocenters. The van der Waals surface area contributed by atoms with Gasteiger partial charge >= 0.3 is 5.69 Å². The molecule has 1 amide bonds. The number of hydrogen-bond acceptors (Lipinski definition) is 5. The molecule has 3 aromatic rings. The van der Waals surface area contributed by atoms with Gasteiger partial charge in [0, 0.05) is 11.1 Å². The molecule has 0 aliphatic rings. The Kier molecular flexibility index (Phi) is 3.53. The number of hydrogen-bond donors (Lipinski definition) is 2. The van der Waals surface area contributed by atoms with Crippen LogP contribution in [0.1, 0.15) is 11.4 Å². The van der Waals surface area contributed by atoms with E-state index in [1.165, 1.54) is 4.68 Å². The van der Waals surface area contributed by atoms with Crippen LogP contribution in [0, 0.1) is 24.0 Å². The Morgan fingerprint density at radius 2 is 2.22 bits per heavy atom. The average Bonchev–Trinajstić information content (AvgIpc) is 3.03.